The van der Waals surface area contributed by atoms with Crippen molar-refractivity contribution >= 4 is 31.6 Å². The van der Waals surface area contributed by atoms with Gasteiger partial charge in [-0.1, -0.05) is 127 Å². The fraction of sp³-hybridized carbons (Fsp3) is 0. The van der Waals surface area contributed by atoms with Gasteiger partial charge in [0.25, 0.3) is 0 Å². The van der Waals surface area contributed by atoms with Crippen molar-refractivity contribution in [1.29, 1.82) is 0 Å². The minimum Gasteiger partial charge on any atom is -0.245 e. The Labute approximate surface area is 254 Å². The summed E-state index contributed by atoms with van der Waals surface area (Å²) in [5, 5.41) is 2.50. The molecule has 0 saturated carbocycles. The first-order valence-electron chi connectivity index (χ1n) is 14.6. The van der Waals surface area contributed by atoms with E-state index in [0.29, 0.717) is 0 Å². The van der Waals surface area contributed by atoms with E-state index < -0.39 is 0 Å². The molecule has 1 nitrogen and oxygen atoms in total. The maximum absolute atomic E-state index is 4.62. The van der Waals surface area contributed by atoms with E-state index in [4.69, 9.17) is 0 Å². The van der Waals surface area contributed by atoms with Crippen LogP contribution in [0.2, 0.25) is 0 Å². The normalized spacial score (nSPS) is 11.7. The van der Waals surface area contributed by atoms with E-state index in [1.54, 1.807) is 11.3 Å². The highest BCUT2D eigenvalue weighted by Gasteiger charge is 2.21. The predicted octanol–water partition coefficient (Wildman–Crippen LogP) is 11.8. The molecule has 0 unspecified atom stereocenters. The highest BCUT2D eigenvalue weighted by molar-refractivity contribution is 7.26. The Morgan fingerprint density at radius 1 is 0.349 bits per heavy atom. The van der Waals surface area contributed by atoms with Gasteiger partial charge in [-0.05, 0) is 85.0 Å². The van der Waals surface area contributed by atoms with Crippen LogP contribution in [-0.2, 0) is 0 Å². The van der Waals surface area contributed by atoms with Crippen molar-refractivity contribution in [2.45, 2.75) is 0 Å². The van der Waals surface area contributed by atoms with Crippen molar-refractivity contribution in [2.24, 2.45) is 0 Å². The number of pyridine rings is 1. The zero-order valence-corrected chi connectivity index (χ0v) is 24.1. The second-order valence-corrected chi connectivity index (χ2v) is 12.1. The van der Waals surface area contributed by atoms with E-state index in [1.165, 1.54) is 82.2 Å². The molecule has 43 heavy (non-hydrogen) atoms. The molecular formula is C41H25NS. The number of rotatable bonds is 2. The Bertz CT molecular complexity index is 2340. The maximum Gasteiger partial charge on any atom is 0.124 e. The van der Waals surface area contributed by atoms with E-state index in [0.717, 1.165) is 4.83 Å². The predicted molar refractivity (Wildman–Crippen MR) is 183 cm³/mol. The lowest BCUT2D eigenvalue weighted by Crippen LogP contribution is -1.97. The smallest absolute Gasteiger partial charge is 0.124 e. The molecule has 8 aromatic rings. The summed E-state index contributed by atoms with van der Waals surface area (Å²) in [5.74, 6) is 0. The molecule has 0 atom stereocenters. The van der Waals surface area contributed by atoms with Gasteiger partial charge in [-0.3, -0.25) is 0 Å². The molecule has 0 bridgehead atoms. The van der Waals surface area contributed by atoms with Crippen LogP contribution in [0.1, 0.15) is 0 Å². The van der Waals surface area contributed by atoms with E-state index in [-0.39, 0.29) is 0 Å². The SMILES string of the molecule is c1ccc2c(c1)-c1ccccc1-c1ccc(-c3ccc(-c4cccc5c4sc4ncccc45)cc3)cc1-c1ccccc1-2. The molecule has 2 heterocycles. The molecule has 9 rings (SSSR count). The second-order valence-electron chi connectivity index (χ2n) is 11.1. The third-order valence-electron chi connectivity index (χ3n) is 8.77. The van der Waals surface area contributed by atoms with Crippen LogP contribution in [0.15, 0.2) is 152 Å². The minimum absolute atomic E-state index is 1.09. The van der Waals surface area contributed by atoms with Gasteiger partial charge in [-0.25, -0.2) is 4.98 Å². The molecule has 0 N–H and O–H groups in total. The number of hydrogen-bond acceptors (Lipinski definition) is 2. The Morgan fingerprint density at radius 3 is 1.47 bits per heavy atom. The van der Waals surface area contributed by atoms with Crippen molar-refractivity contribution < 1.29 is 0 Å². The van der Waals surface area contributed by atoms with Gasteiger partial charge in [0.15, 0.2) is 0 Å². The lowest BCUT2D eigenvalue weighted by molar-refractivity contribution is 1.45. The average Bonchev–Trinajstić information content (AvgIpc) is 3.47. The molecule has 0 aliphatic heterocycles. The third-order valence-corrected chi connectivity index (χ3v) is 9.93. The van der Waals surface area contributed by atoms with Crippen LogP contribution in [0.3, 0.4) is 0 Å². The van der Waals surface area contributed by atoms with Crippen LogP contribution in [-0.4, -0.2) is 4.98 Å². The molecule has 0 fully saturated rings. The summed E-state index contributed by atoms with van der Waals surface area (Å²) in [4.78, 5) is 5.71. The summed E-state index contributed by atoms with van der Waals surface area (Å²) in [7, 11) is 0. The number of nitrogens with zero attached hydrogens (tertiary/aromatic N) is 1. The molecular weight excluding hydrogens is 539 g/mol. The number of benzene rings is 6. The Hall–Kier alpha value is -5.31. The van der Waals surface area contributed by atoms with Crippen molar-refractivity contribution in [1.82, 2.24) is 4.98 Å². The molecule has 1 aliphatic carbocycles. The number of hydrogen-bond donors (Lipinski definition) is 0. The first-order chi connectivity index (χ1) is 21.3. The largest absolute Gasteiger partial charge is 0.245 e. The summed E-state index contributed by atoms with van der Waals surface area (Å²) in [6, 6.07) is 53.3. The van der Waals surface area contributed by atoms with Gasteiger partial charge in [0.05, 0.1) is 0 Å². The summed E-state index contributed by atoms with van der Waals surface area (Å²) >= 11 is 1.77. The van der Waals surface area contributed by atoms with Gasteiger partial charge in [-0.2, -0.15) is 0 Å². The number of fused-ring (bicyclic) bond motifs is 11. The topological polar surface area (TPSA) is 12.9 Å². The van der Waals surface area contributed by atoms with Crippen LogP contribution < -0.4 is 0 Å². The van der Waals surface area contributed by atoms with E-state index >= 15 is 0 Å². The van der Waals surface area contributed by atoms with E-state index in [9.17, 15) is 0 Å². The first kappa shape index (κ1) is 24.3. The van der Waals surface area contributed by atoms with Crippen LogP contribution in [0, 0.1) is 0 Å². The van der Waals surface area contributed by atoms with Gasteiger partial charge < -0.3 is 0 Å². The van der Waals surface area contributed by atoms with Crippen molar-refractivity contribution in [2.75, 3.05) is 0 Å². The van der Waals surface area contributed by atoms with Crippen molar-refractivity contribution in [3.8, 4) is 66.8 Å². The molecule has 2 aromatic heterocycles. The van der Waals surface area contributed by atoms with E-state index in [1.807, 2.05) is 12.3 Å². The molecule has 1 aliphatic rings. The van der Waals surface area contributed by atoms with Gasteiger partial charge in [0.1, 0.15) is 4.83 Å². The molecule has 0 saturated heterocycles. The van der Waals surface area contributed by atoms with Crippen molar-refractivity contribution in [3.05, 3.63) is 152 Å². The lowest BCUT2D eigenvalue weighted by Gasteiger charge is -2.23. The monoisotopic (exact) mass is 563 g/mol. The Kier molecular flexibility index (Phi) is 5.44. The molecule has 200 valence electrons. The standard InChI is InChI=1S/C41H25NS/c1-2-10-31-30(9-1)32-11-3-4-13-34(32)36-23-22-28(25-39(36)35-14-6-5-12-33(31)35)26-18-20-27(21-19-26)29-15-7-16-37-38-17-8-24-42-41(38)43-40(29)37/h1-25H. The quantitative estimate of drug-likeness (QED) is 0.204. The maximum atomic E-state index is 4.62. The summed E-state index contributed by atoms with van der Waals surface area (Å²) in [5.41, 5.74) is 15.1. The van der Waals surface area contributed by atoms with Crippen molar-refractivity contribution in [3.63, 3.8) is 0 Å². The fourth-order valence-electron chi connectivity index (χ4n) is 6.74. The number of thiophene rings is 1. The van der Waals surface area contributed by atoms with Gasteiger partial charge in [0.2, 0.25) is 0 Å². The van der Waals surface area contributed by atoms with E-state index in [2.05, 4.69) is 145 Å². The Morgan fingerprint density at radius 2 is 0.837 bits per heavy atom. The van der Waals surface area contributed by atoms with Gasteiger partial charge in [-0.15, -0.1) is 11.3 Å². The zero-order chi connectivity index (χ0) is 28.3. The Balaban J connectivity index is 1.19. The minimum atomic E-state index is 1.09. The van der Waals surface area contributed by atoms with Crippen LogP contribution in [0.4, 0.5) is 0 Å². The van der Waals surface area contributed by atoms with Gasteiger partial charge in [0, 0.05) is 21.7 Å². The number of aromatic nitrogens is 1. The molecule has 6 aromatic carbocycles. The van der Waals surface area contributed by atoms with Crippen LogP contribution in [0.25, 0.3) is 87.1 Å². The second kappa shape index (κ2) is 9.62. The molecule has 0 radical (unpaired) electrons. The highest BCUT2D eigenvalue weighted by atomic mass is 32.1. The summed E-state index contributed by atoms with van der Waals surface area (Å²) in [6.07, 6.45) is 1.88. The molecule has 2 heteroatoms. The van der Waals surface area contributed by atoms with Crippen LogP contribution >= 0.6 is 11.3 Å². The van der Waals surface area contributed by atoms with Crippen LogP contribution in [0.5, 0.6) is 0 Å². The summed E-state index contributed by atoms with van der Waals surface area (Å²) in [6.45, 7) is 0. The summed E-state index contributed by atoms with van der Waals surface area (Å²) < 4.78 is 1.29. The first-order valence-corrected chi connectivity index (χ1v) is 15.4. The lowest BCUT2D eigenvalue weighted by atomic mass is 9.80. The highest BCUT2D eigenvalue weighted by Crippen LogP contribution is 2.48. The average molecular weight is 564 g/mol. The zero-order valence-electron chi connectivity index (χ0n) is 23.3. The third kappa shape index (κ3) is 3.81. The fourth-order valence-corrected chi connectivity index (χ4v) is 7.92. The van der Waals surface area contributed by atoms with Gasteiger partial charge >= 0.3 is 0 Å². The molecule has 0 spiro atoms. The molecule has 0 amide bonds.